The number of alkyl carbamates (subject to hydrolysis) is 2. The maximum Gasteiger partial charge on any atom is 0.407 e. The number of carbonyl (C=O) groups is 3. The highest BCUT2D eigenvalue weighted by molar-refractivity contribution is 5.83. The first-order valence-corrected chi connectivity index (χ1v) is 10.9. The lowest BCUT2D eigenvalue weighted by Crippen LogP contribution is -2.50. The van der Waals surface area contributed by atoms with Gasteiger partial charge in [-0.1, -0.05) is 48.5 Å². The molecule has 0 aromatic heterocycles. The Morgan fingerprint density at radius 1 is 0.909 bits per heavy atom. The van der Waals surface area contributed by atoms with E-state index in [0.29, 0.717) is 0 Å². The highest BCUT2D eigenvalue weighted by Crippen LogP contribution is 2.44. The summed E-state index contributed by atoms with van der Waals surface area (Å²) in [6.07, 6.45) is -1.48. The third-order valence-corrected chi connectivity index (χ3v) is 5.06. The molecule has 1 atom stereocenters. The van der Waals surface area contributed by atoms with Crippen LogP contribution in [0.5, 0.6) is 0 Å². The second-order valence-corrected chi connectivity index (χ2v) is 8.66. The van der Waals surface area contributed by atoms with Gasteiger partial charge in [-0.05, 0) is 49.9 Å². The number of carbonyl (C=O) groups excluding carboxylic acids is 3. The summed E-state index contributed by atoms with van der Waals surface area (Å²) in [5.41, 5.74) is 3.71. The Labute approximate surface area is 193 Å². The van der Waals surface area contributed by atoms with Gasteiger partial charge in [0.2, 0.25) is 0 Å². The molecule has 0 unspecified atom stereocenters. The summed E-state index contributed by atoms with van der Waals surface area (Å²) in [5.74, 6) is -0.786. The molecule has 3 rings (SSSR count). The van der Waals surface area contributed by atoms with Crippen molar-refractivity contribution >= 4 is 18.2 Å². The highest BCUT2D eigenvalue weighted by atomic mass is 16.6. The van der Waals surface area contributed by atoms with E-state index in [2.05, 4.69) is 10.6 Å². The minimum atomic E-state index is -1.12. The molecule has 0 saturated carbocycles. The van der Waals surface area contributed by atoms with Crippen molar-refractivity contribution in [3.8, 4) is 11.1 Å². The predicted octanol–water partition coefficient (Wildman–Crippen LogP) is 3.98. The number of hydrogen-bond acceptors (Lipinski definition) is 6. The molecule has 8 nitrogen and oxygen atoms in total. The molecule has 2 aromatic rings. The SMILES string of the molecule is CCOC(=O)[C@H](CNC(=O)OC(C)(C)C)NC(=O)OCC1c2ccccc2-c2ccccc21. The Balaban J connectivity index is 1.62. The van der Waals surface area contributed by atoms with Crippen molar-refractivity contribution in [2.75, 3.05) is 19.8 Å². The average molecular weight is 455 g/mol. The molecule has 0 saturated heterocycles. The van der Waals surface area contributed by atoms with Gasteiger partial charge in [0.1, 0.15) is 18.2 Å². The van der Waals surface area contributed by atoms with E-state index in [1.165, 1.54) is 0 Å². The van der Waals surface area contributed by atoms with Crippen molar-refractivity contribution < 1.29 is 28.6 Å². The number of nitrogens with one attached hydrogen (secondary N) is 2. The lowest BCUT2D eigenvalue weighted by molar-refractivity contribution is -0.145. The van der Waals surface area contributed by atoms with E-state index in [-0.39, 0.29) is 25.7 Å². The molecule has 2 amide bonds. The van der Waals surface area contributed by atoms with Gasteiger partial charge in [0, 0.05) is 5.92 Å². The van der Waals surface area contributed by atoms with Gasteiger partial charge in [-0.25, -0.2) is 14.4 Å². The second kappa shape index (κ2) is 10.4. The minimum Gasteiger partial charge on any atom is -0.464 e. The van der Waals surface area contributed by atoms with Crippen molar-refractivity contribution in [1.82, 2.24) is 10.6 Å². The van der Waals surface area contributed by atoms with Gasteiger partial charge in [-0.2, -0.15) is 0 Å². The van der Waals surface area contributed by atoms with Crippen LogP contribution in [-0.4, -0.2) is 49.6 Å². The van der Waals surface area contributed by atoms with Crippen LogP contribution in [0.4, 0.5) is 9.59 Å². The molecule has 8 heteroatoms. The highest BCUT2D eigenvalue weighted by Gasteiger charge is 2.30. The summed E-state index contributed by atoms with van der Waals surface area (Å²) < 4.78 is 15.7. The Morgan fingerprint density at radius 2 is 1.48 bits per heavy atom. The molecule has 1 aliphatic rings. The van der Waals surface area contributed by atoms with Gasteiger partial charge in [-0.3, -0.25) is 0 Å². The third-order valence-electron chi connectivity index (χ3n) is 5.06. The van der Waals surface area contributed by atoms with Crippen molar-refractivity contribution in [2.45, 2.75) is 45.3 Å². The van der Waals surface area contributed by atoms with Crippen LogP contribution in [0.2, 0.25) is 0 Å². The van der Waals surface area contributed by atoms with Crippen LogP contribution in [0.15, 0.2) is 48.5 Å². The minimum absolute atomic E-state index is 0.106. The number of rotatable bonds is 7. The molecule has 176 valence electrons. The van der Waals surface area contributed by atoms with Crippen LogP contribution >= 0.6 is 0 Å². The van der Waals surface area contributed by atoms with E-state index < -0.39 is 29.8 Å². The summed E-state index contributed by atoms with van der Waals surface area (Å²) >= 11 is 0. The molecule has 0 fully saturated rings. The van der Waals surface area contributed by atoms with Gasteiger partial charge in [0.05, 0.1) is 13.2 Å². The molecule has 1 aliphatic carbocycles. The number of ether oxygens (including phenoxy) is 3. The first kappa shape index (κ1) is 24.1. The van der Waals surface area contributed by atoms with Gasteiger partial charge in [-0.15, -0.1) is 0 Å². The Bertz CT molecular complexity index is 968. The lowest BCUT2D eigenvalue weighted by atomic mass is 9.98. The molecular weight excluding hydrogens is 424 g/mol. The summed E-state index contributed by atoms with van der Waals surface area (Å²) in [4.78, 5) is 36.7. The second-order valence-electron chi connectivity index (χ2n) is 8.66. The lowest BCUT2D eigenvalue weighted by Gasteiger charge is -2.22. The number of hydrogen-bond donors (Lipinski definition) is 2. The molecule has 33 heavy (non-hydrogen) atoms. The Kier molecular flexibility index (Phi) is 7.58. The van der Waals surface area contributed by atoms with E-state index in [0.717, 1.165) is 22.3 Å². The Morgan fingerprint density at radius 3 is 2.03 bits per heavy atom. The summed E-state index contributed by atoms with van der Waals surface area (Å²) in [5, 5.41) is 4.96. The van der Waals surface area contributed by atoms with Crippen molar-refractivity contribution in [1.29, 1.82) is 0 Å². The quantitative estimate of drug-likeness (QED) is 0.485. The van der Waals surface area contributed by atoms with Crippen LogP contribution in [0.1, 0.15) is 44.7 Å². The van der Waals surface area contributed by atoms with E-state index in [1.54, 1.807) is 27.7 Å². The van der Waals surface area contributed by atoms with Crippen LogP contribution in [0, 0.1) is 0 Å². The zero-order valence-corrected chi connectivity index (χ0v) is 19.3. The largest absolute Gasteiger partial charge is 0.464 e. The van der Waals surface area contributed by atoms with Crippen LogP contribution in [0.3, 0.4) is 0 Å². The number of benzene rings is 2. The normalized spacial score (nSPS) is 13.3. The zero-order valence-electron chi connectivity index (χ0n) is 19.3. The maximum atomic E-state index is 12.5. The maximum absolute atomic E-state index is 12.5. The van der Waals surface area contributed by atoms with E-state index >= 15 is 0 Å². The van der Waals surface area contributed by atoms with E-state index in [9.17, 15) is 14.4 Å². The van der Waals surface area contributed by atoms with Gasteiger partial charge in [0.15, 0.2) is 0 Å². The van der Waals surface area contributed by atoms with Crippen LogP contribution in [-0.2, 0) is 19.0 Å². The molecule has 0 spiro atoms. The standard InChI is InChI=1S/C25H30N2O6/c1-5-31-22(28)21(14-26-23(29)33-25(2,3)4)27-24(30)32-15-20-18-12-8-6-10-16(18)17-11-7-9-13-19(17)20/h6-13,20-21H,5,14-15H2,1-4H3,(H,26,29)(H,27,30)/t21-/m0/s1. The van der Waals surface area contributed by atoms with Gasteiger partial charge < -0.3 is 24.8 Å². The first-order valence-electron chi connectivity index (χ1n) is 10.9. The molecule has 0 radical (unpaired) electrons. The predicted molar refractivity (Wildman–Crippen MR) is 123 cm³/mol. The number of esters is 1. The van der Waals surface area contributed by atoms with Crippen molar-refractivity contribution in [3.05, 3.63) is 59.7 Å². The topological polar surface area (TPSA) is 103 Å². The van der Waals surface area contributed by atoms with Crippen molar-refractivity contribution in [3.63, 3.8) is 0 Å². The molecule has 2 N–H and O–H groups in total. The molecule has 2 aromatic carbocycles. The van der Waals surface area contributed by atoms with Gasteiger partial charge >= 0.3 is 18.2 Å². The molecule has 0 heterocycles. The summed E-state index contributed by atoms with van der Waals surface area (Å²) in [6, 6.07) is 14.9. The fraction of sp³-hybridized carbons (Fsp3) is 0.400. The monoisotopic (exact) mass is 454 g/mol. The van der Waals surface area contributed by atoms with Crippen LogP contribution < -0.4 is 10.6 Å². The van der Waals surface area contributed by atoms with E-state index in [1.807, 2.05) is 48.5 Å². The third kappa shape index (κ3) is 6.25. The fourth-order valence-corrected chi connectivity index (χ4v) is 3.72. The Hall–Kier alpha value is -3.55. The van der Waals surface area contributed by atoms with Crippen molar-refractivity contribution in [2.24, 2.45) is 0 Å². The first-order chi connectivity index (χ1) is 15.7. The number of amides is 2. The smallest absolute Gasteiger partial charge is 0.407 e. The zero-order chi connectivity index (χ0) is 24.0. The molecular formula is C25H30N2O6. The number of fused-ring (bicyclic) bond motifs is 3. The van der Waals surface area contributed by atoms with Crippen LogP contribution in [0.25, 0.3) is 11.1 Å². The molecule has 0 aliphatic heterocycles. The van der Waals surface area contributed by atoms with E-state index in [4.69, 9.17) is 14.2 Å². The van der Waals surface area contributed by atoms with Gasteiger partial charge in [0.25, 0.3) is 0 Å². The fourth-order valence-electron chi connectivity index (χ4n) is 3.72. The molecule has 0 bridgehead atoms. The summed E-state index contributed by atoms with van der Waals surface area (Å²) in [6.45, 7) is 6.88. The summed E-state index contributed by atoms with van der Waals surface area (Å²) in [7, 11) is 0. The average Bonchev–Trinajstić information content (AvgIpc) is 3.08.